The maximum Gasteiger partial charge on any atom is 0.165 e. The zero-order valence-corrected chi connectivity index (χ0v) is 31.4. The molecule has 0 fully saturated rings. The average Bonchev–Trinajstić information content (AvgIpc) is 3.95. The van der Waals surface area contributed by atoms with Crippen LogP contribution in [0.25, 0.3) is 109 Å². The highest BCUT2D eigenvalue weighted by atomic mass is 32.1. The van der Waals surface area contributed by atoms with Crippen molar-refractivity contribution in [1.82, 2.24) is 24.1 Å². The van der Waals surface area contributed by atoms with Gasteiger partial charge in [-0.15, -0.1) is 11.3 Å². The molecule has 6 heteroatoms. The van der Waals surface area contributed by atoms with Gasteiger partial charge in [0.05, 0.1) is 26.8 Å². The molecule has 0 aliphatic carbocycles. The molecular weight excluding hydrogens is 715 g/mol. The number of hydrogen-bond acceptors (Lipinski definition) is 4. The molecule has 0 unspecified atom stereocenters. The molecule has 0 saturated heterocycles. The smallest absolute Gasteiger partial charge is 0.165 e. The van der Waals surface area contributed by atoms with Gasteiger partial charge in [0.25, 0.3) is 0 Å². The lowest BCUT2D eigenvalue weighted by Crippen LogP contribution is -2.00. The molecule has 0 amide bonds. The SMILES string of the molecule is c1ccc(-c2nc(-c3ccc4c5ccccc5n(-c5ccccc5)c4c3)nc(-c3cccc4c3sc3c4ccc4c5ccccc5n(-c5ccccc5)c43)n2)cc1. The number of hydrogen-bond donors (Lipinski definition) is 0. The Balaban J connectivity index is 1.11. The molecule has 5 nitrogen and oxygen atoms in total. The van der Waals surface area contributed by atoms with E-state index in [-0.39, 0.29) is 0 Å². The Morgan fingerprint density at radius 3 is 1.58 bits per heavy atom. The minimum Gasteiger partial charge on any atom is -0.309 e. The zero-order chi connectivity index (χ0) is 37.5. The Kier molecular flexibility index (Phi) is 7.03. The van der Waals surface area contributed by atoms with Gasteiger partial charge in [0.2, 0.25) is 0 Å². The first-order chi connectivity index (χ1) is 28.3. The fourth-order valence-corrected chi connectivity index (χ4v) is 9.98. The van der Waals surface area contributed by atoms with Crippen molar-refractivity contribution in [2.45, 2.75) is 0 Å². The molecule has 0 aliphatic rings. The van der Waals surface area contributed by atoms with Gasteiger partial charge in [0.15, 0.2) is 17.5 Å². The lowest BCUT2D eigenvalue weighted by molar-refractivity contribution is 1.08. The van der Waals surface area contributed by atoms with E-state index in [1.165, 1.54) is 48.1 Å². The van der Waals surface area contributed by atoms with Crippen molar-refractivity contribution in [2.75, 3.05) is 0 Å². The normalized spacial score (nSPS) is 11.9. The van der Waals surface area contributed by atoms with Crippen LogP contribution < -0.4 is 0 Å². The van der Waals surface area contributed by atoms with Crippen LogP contribution in [0.3, 0.4) is 0 Å². The molecule has 0 aliphatic heterocycles. The first-order valence-corrected chi connectivity index (χ1v) is 19.9. The van der Waals surface area contributed by atoms with E-state index in [1.54, 1.807) is 0 Å². The Labute approximate surface area is 331 Å². The molecule has 0 bridgehead atoms. The molecule has 0 radical (unpaired) electrons. The molecule has 4 aromatic heterocycles. The molecule has 57 heavy (non-hydrogen) atoms. The molecule has 0 saturated carbocycles. The average molecular weight is 746 g/mol. The minimum atomic E-state index is 0.635. The molecule has 0 N–H and O–H groups in total. The maximum absolute atomic E-state index is 5.32. The van der Waals surface area contributed by atoms with Gasteiger partial charge in [-0.3, -0.25) is 0 Å². The van der Waals surface area contributed by atoms with E-state index in [1.807, 2.05) is 29.5 Å². The summed E-state index contributed by atoms with van der Waals surface area (Å²) in [7, 11) is 0. The van der Waals surface area contributed by atoms with E-state index < -0.39 is 0 Å². The highest BCUT2D eigenvalue weighted by molar-refractivity contribution is 7.27. The van der Waals surface area contributed by atoms with E-state index >= 15 is 0 Å². The minimum absolute atomic E-state index is 0.635. The number of rotatable bonds is 5. The van der Waals surface area contributed by atoms with E-state index in [0.29, 0.717) is 17.5 Å². The molecule has 0 atom stereocenters. The largest absolute Gasteiger partial charge is 0.309 e. The van der Waals surface area contributed by atoms with Gasteiger partial charge in [0.1, 0.15) is 0 Å². The fraction of sp³-hybridized carbons (Fsp3) is 0. The number of nitrogens with zero attached hydrogens (tertiary/aromatic N) is 5. The third kappa shape index (κ3) is 4.91. The summed E-state index contributed by atoms with van der Waals surface area (Å²) in [5, 5.41) is 7.30. The molecule has 12 aromatic rings. The van der Waals surface area contributed by atoms with E-state index in [4.69, 9.17) is 15.0 Å². The second-order valence-electron chi connectivity index (χ2n) is 14.4. The molecule has 266 valence electrons. The van der Waals surface area contributed by atoms with Crippen LogP contribution in [0.2, 0.25) is 0 Å². The van der Waals surface area contributed by atoms with Crippen LogP contribution >= 0.6 is 11.3 Å². The van der Waals surface area contributed by atoms with Crippen LogP contribution in [0.4, 0.5) is 0 Å². The lowest BCUT2D eigenvalue weighted by atomic mass is 10.1. The maximum atomic E-state index is 5.32. The Morgan fingerprint density at radius 1 is 0.333 bits per heavy atom. The molecule has 12 rings (SSSR count). The quantitative estimate of drug-likeness (QED) is 0.176. The molecule has 4 heterocycles. The highest BCUT2D eigenvalue weighted by Gasteiger charge is 2.21. The summed E-state index contributed by atoms with van der Waals surface area (Å²) in [5.41, 5.74) is 9.80. The van der Waals surface area contributed by atoms with Crippen molar-refractivity contribution in [3.8, 4) is 45.5 Å². The third-order valence-corrected chi connectivity index (χ3v) is 12.4. The fourth-order valence-electron chi connectivity index (χ4n) is 8.63. The number of para-hydroxylation sites is 4. The number of benzene rings is 8. The van der Waals surface area contributed by atoms with Crippen LogP contribution in [0, 0.1) is 0 Å². The van der Waals surface area contributed by atoms with Crippen molar-refractivity contribution >= 4 is 75.1 Å². The van der Waals surface area contributed by atoms with Crippen molar-refractivity contribution < 1.29 is 0 Å². The number of thiophene rings is 1. The first-order valence-electron chi connectivity index (χ1n) is 19.1. The zero-order valence-electron chi connectivity index (χ0n) is 30.5. The molecular formula is C51H31N5S. The summed E-state index contributed by atoms with van der Waals surface area (Å²) in [6.07, 6.45) is 0. The van der Waals surface area contributed by atoms with Gasteiger partial charge in [0, 0.05) is 65.1 Å². The summed E-state index contributed by atoms with van der Waals surface area (Å²) < 4.78 is 7.15. The Hall–Kier alpha value is -7.41. The summed E-state index contributed by atoms with van der Waals surface area (Å²) in [6.45, 7) is 0. The summed E-state index contributed by atoms with van der Waals surface area (Å²) in [4.78, 5) is 15.7. The van der Waals surface area contributed by atoms with Crippen molar-refractivity contribution in [3.05, 3.63) is 188 Å². The predicted molar refractivity (Wildman–Crippen MR) is 238 cm³/mol. The van der Waals surface area contributed by atoms with E-state index in [2.05, 4.69) is 179 Å². The number of fused-ring (bicyclic) bond motifs is 10. The van der Waals surface area contributed by atoms with Crippen LogP contribution in [0.1, 0.15) is 0 Å². The van der Waals surface area contributed by atoms with Crippen LogP contribution in [-0.4, -0.2) is 24.1 Å². The van der Waals surface area contributed by atoms with E-state index in [0.717, 1.165) is 43.8 Å². The van der Waals surface area contributed by atoms with Crippen LogP contribution in [0.15, 0.2) is 188 Å². The summed E-state index contributed by atoms with van der Waals surface area (Å²) in [5.74, 6) is 1.93. The second kappa shape index (κ2) is 12.6. The van der Waals surface area contributed by atoms with Crippen molar-refractivity contribution in [1.29, 1.82) is 0 Å². The van der Waals surface area contributed by atoms with E-state index in [9.17, 15) is 0 Å². The van der Waals surface area contributed by atoms with Crippen molar-refractivity contribution in [2.24, 2.45) is 0 Å². The van der Waals surface area contributed by atoms with Crippen LogP contribution in [0.5, 0.6) is 0 Å². The Bertz CT molecular complexity index is 3510. The van der Waals surface area contributed by atoms with Gasteiger partial charge in [-0.25, -0.2) is 15.0 Å². The number of aromatic nitrogens is 5. The summed E-state index contributed by atoms with van der Waals surface area (Å²) in [6, 6.07) is 66.5. The molecule has 8 aromatic carbocycles. The second-order valence-corrected chi connectivity index (χ2v) is 15.4. The standard InChI is InChI=1S/C51H31N5S/c1-4-15-32(16-5-1)49-52-50(33-27-28-38-36-21-10-12-25-43(36)55(45(38)31-33)34-17-6-2-7-18-34)54-51(53-49)42-24-14-23-40-41-30-29-39-37-22-11-13-26-44(37)56(35-19-8-3-9-20-35)46(39)48(41)57-47(40)42/h1-31H. The highest BCUT2D eigenvalue weighted by Crippen LogP contribution is 2.45. The van der Waals surface area contributed by atoms with Gasteiger partial charge >= 0.3 is 0 Å². The van der Waals surface area contributed by atoms with Gasteiger partial charge < -0.3 is 9.13 Å². The van der Waals surface area contributed by atoms with Crippen LogP contribution in [-0.2, 0) is 0 Å². The third-order valence-electron chi connectivity index (χ3n) is 11.2. The van der Waals surface area contributed by atoms with Gasteiger partial charge in [-0.2, -0.15) is 0 Å². The monoisotopic (exact) mass is 745 g/mol. The van der Waals surface area contributed by atoms with Gasteiger partial charge in [-0.1, -0.05) is 140 Å². The first kappa shape index (κ1) is 31.9. The lowest BCUT2D eigenvalue weighted by Gasteiger charge is -2.10. The topological polar surface area (TPSA) is 48.5 Å². The van der Waals surface area contributed by atoms with Gasteiger partial charge in [-0.05, 0) is 48.5 Å². The predicted octanol–water partition coefficient (Wildman–Crippen LogP) is 13.4. The Morgan fingerprint density at radius 2 is 0.842 bits per heavy atom. The summed E-state index contributed by atoms with van der Waals surface area (Å²) >= 11 is 1.82. The molecule has 0 spiro atoms. The van der Waals surface area contributed by atoms with Crippen molar-refractivity contribution in [3.63, 3.8) is 0 Å².